The molecule has 2 unspecified atom stereocenters. The molecule has 0 amide bonds. The minimum absolute atomic E-state index is 0.529. The first kappa shape index (κ1) is 17.7. The van der Waals surface area contributed by atoms with E-state index in [9.17, 15) is 29.3 Å². The maximum atomic E-state index is 12.0. The number of H-pyrrole nitrogens is 1. The van der Waals surface area contributed by atoms with Crippen LogP contribution in [0.5, 0.6) is 0 Å². The van der Waals surface area contributed by atoms with Crippen molar-refractivity contribution in [2.45, 2.75) is 24.5 Å². The van der Waals surface area contributed by atoms with Gasteiger partial charge in [0, 0.05) is 24.7 Å². The van der Waals surface area contributed by atoms with E-state index in [1.54, 1.807) is 0 Å². The van der Waals surface area contributed by atoms with Crippen molar-refractivity contribution in [2.75, 3.05) is 6.61 Å². The number of hydrogen-bond acceptors (Lipinski definition) is 8. The van der Waals surface area contributed by atoms with Crippen molar-refractivity contribution in [3.05, 3.63) is 51.8 Å². The molecule has 2 aromatic rings. The Balaban J connectivity index is 1.73. The molecule has 1 aliphatic rings. The molecule has 4 N–H and O–H groups in total. The zero-order valence-corrected chi connectivity index (χ0v) is 13.5. The third-order valence-electron chi connectivity index (χ3n) is 3.65. The SMILES string of the molecule is O=c1ccn(C2O[C@H](COP(=O)(O)n3ccnc3)[C@@H](O)[C@H]2O)c(=O)[nH]1. The molecular weight excluding hydrogens is 359 g/mol. The summed E-state index contributed by atoms with van der Waals surface area (Å²) in [6.45, 7) is -0.529. The lowest BCUT2D eigenvalue weighted by Gasteiger charge is -2.18. The van der Waals surface area contributed by atoms with Crippen LogP contribution in [0.2, 0.25) is 0 Å². The molecule has 13 heteroatoms. The summed E-state index contributed by atoms with van der Waals surface area (Å²) in [5, 5.41) is 20.1. The number of imidazole rings is 1. The molecule has 136 valence electrons. The lowest BCUT2D eigenvalue weighted by Crippen LogP contribution is -2.37. The van der Waals surface area contributed by atoms with Gasteiger partial charge in [0.1, 0.15) is 24.6 Å². The van der Waals surface area contributed by atoms with Gasteiger partial charge in [-0.25, -0.2) is 18.7 Å². The maximum Gasteiger partial charge on any atom is 0.437 e. The van der Waals surface area contributed by atoms with Crippen LogP contribution in [0.25, 0.3) is 0 Å². The van der Waals surface area contributed by atoms with Crippen LogP contribution in [0.3, 0.4) is 0 Å². The molecule has 25 heavy (non-hydrogen) atoms. The zero-order chi connectivity index (χ0) is 18.2. The Morgan fingerprint density at radius 1 is 1.32 bits per heavy atom. The number of aromatic amines is 1. The van der Waals surface area contributed by atoms with Crippen LogP contribution in [-0.4, -0.2) is 58.9 Å². The van der Waals surface area contributed by atoms with Crippen molar-refractivity contribution in [3.8, 4) is 0 Å². The predicted molar refractivity (Wildman–Crippen MR) is 80.6 cm³/mol. The quantitative estimate of drug-likeness (QED) is 0.433. The standard InChI is InChI=1S/C12H15N4O8P/c17-8-1-3-16(12(20)14-8)11-10(19)9(18)7(24-11)5-23-25(21,22)15-4-2-13-6-15/h1-4,6-7,9-11,18-19H,5H2,(H,21,22)(H,14,17,20)/t7-,9-,10-,11?/m1/s1. The van der Waals surface area contributed by atoms with Crippen LogP contribution in [-0.2, 0) is 13.8 Å². The highest BCUT2D eigenvalue weighted by Gasteiger charge is 2.45. The average molecular weight is 374 g/mol. The van der Waals surface area contributed by atoms with Gasteiger partial charge in [0.25, 0.3) is 5.56 Å². The first-order chi connectivity index (χ1) is 11.8. The van der Waals surface area contributed by atoms with E-state index in [0.717, 1.165) is 27.5 Å². The van der Waals surface area contributed by atoms with E-state index in [1.165, 1.54) is 12.4 Å². The Morgan fingerprint density at radius 3 is 2.72 bits per heavy atom. The Kier molecular flexibility index (Phi) is 4.73. The molecule has 0 spiro atoms. The van der Waals surface area contributed by atoms with E-state index in [0.29, 0.717) is 0 Å². The number of hydrogen-bond donors (Lipinski definition) is 4. The molecule has 1 fully saturated rings. The molecule has 0 saturated carbocycles. The largest absolute Gasteiger partial charge is 0.437 e. The lowest BCUT2D eigenvalue weighted by atomic mass is 10.1. The van der Waals surface area contributed by atoms with Gasteiger partial charge in [0.15, 0.2) is 6.23 Å². The van der Waals surface area contributed by atoms with Crippen LogP contribution in [0, 0.1) is 0 Å². The molecule has 1 aliphatic heterocycles. The van der Waals surface area contributed by atoms with Gasteiger partial charge in [-0.2, -0.15) is 0 Å². The summed E-state index contributed by atoms with van der Waals surface area (Å²) >= 11 is 0. The van der Waals surface area contributed by atoms with E-state index in [2.05, 4.69) is 4.98 Å². The van der Waals surface area contributed by atoms with Gasteiger partial charge in [-0.05, 0) is 0 Å². The summed E-state index contributed by atoms with van der Waals surface area (Å²) in [6.07, 6.45) is -0.755. The van der Waals surface area contributed by atoms with Crippen LogP contribution in [0.15, 0.2) is 40.6 Å². The predicted octanol–water partition coefficient (Wildman–Crippen LogP) is -1.98. The monoisotopic (exact) mass is 374 g/mol. The third kappa shape index (κ3) is 3.49. The van der Waals surface area contributed by atoms with Crippen molar-refractivity contribution >= 4 is 7.75 Å². The highest BCUT2D eigenvalue weighted by atomic mass is 31.2. The molecule has 1 saturated heterocycles. The molecule has 0 aliphatic carbocycles. The Morgan fingerprint density at radius 2 is 2.08 bits per heavy atom. The Hall–Kier alpha value is -2.08. The van der Waals surface area contributed by atoms with Crippen LogP contribution < -0.4 is 11.2 Å². The second kappa shape index (κ2) is 6.67. The van der Waals surface area contributed by atoms with Crippen molar-refractivity contribution in [2.24, 2.45) is 0 Å². The molecule has 0 aromatic carbocycles. The molecule has 2 aromatic heterocycles. The van der Waals surface area contributed by atoms with E-state index >= 15 is 0 Å². The molecule has 12 nitrogen and oxygen atoms in total. The van der Waals surface area contributed by atoms with Crippen molar-refractivity contribution in [1.29, 1.82) is 0 Å². The fraction of sp³-hybridized carbons (Fsp3) is 0.417. The van der Waals surface area contributed by atoms with E-state index in [1.807, 2.05) is 4.98 Å². The minimum Gasteiger partial charge on any atom is -0.387 e. The smallest absolute Gasteiger partial charge is 0.387 e. The summed E-state index contributed by atoms with van der Waals surface area (Å²) < 4.78 is 24.0. The molecule has 3 heterocycles. The van der Waals surface area contributed by atoms with Crippen LogP contribution >= 0.6 is 7.75 Å². The van der Waals surface area contributed by atoms with E-state index in [4.69, 9.17) is 9.26 Å². The molecule has 0 radical (unpaired) electrons. The number of rotatable bonds is 5. The van der Waals surface area contributed by atoms with Crippen LogP contribution in [0.4, 0.5) is 0 Å². The number of nitrogens with zero attached hydrogens (tertiary/aromatic N) is 3. The van der Waals surface area contributed by atoms with Gasteiger partial charge in [0.2, 0.25) is 0 Å². The fourth-order valence-electron chi connectivity index (χ4n) is 2.36. The summed E-state index contributed by atoms with van der Waals surface area (Å²) in [4.78, 5) is 38.3. The van der Waals surface area contributed by atoms with Crippen molar-refractivity contribution in [1.82, 2.24) is 18.9 Å². The number of aliphatic hydroxyl groups is 2. The normalized spacial score (nSPS) is 28.8. The first-order valence-electron chi connectivity index (χ1n) is 7.09. The second-order valence-corrected chi connectivity index (χ2v) is 6.99. The first-order valence-corrected chi connectivity index (χ1v) is 8.62. The number of ether oxygens (including phenoxy) is 1. The van der Waals surface area contributed by atoms with Crippen molar-refractivity contribution in [3.63, 3.8) is 0 Å². The highest BCUT2D eigenvalue weighted by molar-refractivity contribution is 7.51. The summed E-state index contributed by atoms with van der Waals surface area (Å²) in [7, 11) is -4.24. The number of aromatic nitrogens is 4. The Bertz CT molecular complexity index is 893. The topological polar surface area (TPSA) is 169 Å². The van der Waals surface area contributed by atoms with Gasteiger partial charge >= 0.3 is 13.4 Å². The summed E-state index contributed by atoms with van der Waals surface area (Å²) in [6, 6.07) is 1.05. The average Bonchev–Trinajstić information content (AvgIpc) is 3.18. The number of nitrogens with one attached hydrogen (secondary N) is 1. The molecule has 3 rings (SSSR count). The van der Waals surface area contributed by atoms with Gasteiger partial charge in [-0.1, -0.05) is 0 Å². The number of aliphatic hydroxyl groups excluding tert-OH is 2. The molecule has 0 bridgehead atoms. The summed E-state index contributed by atoms with van der Waals surface area (Å²) in [5.74, 6) is 0. The van der Waals surface area contributed by atoms with Gasteiger partial charge in [-0.15, -0.1) is 0 Å². The van der Waals surface area contributed by atoms with Gasteiger partial charge in [0.05, 0.1) is 6.61 Å². The van der Waals surface area contributed by atoms with Gasteiger partial charge in [-0.3, -0.25) is 18.9 Å². The van der Waals surface area contributed by atoms with Crippen molar-refractivity contribution < 1.29 is 28.9 Å². The van der Waals surface area contributed by atoms with E-state index in [-0.39, 0.29) is 0 Å². The maximum absolute atomic E-state index is 12.0. The fourth-order valence-corrected chi connectivity index (χ4v) is 3.26. The molecular formula is C12H15N4O8P. The van der Waals surface area contributed by atoms with E-state index < -0.39 is 50.1 Å². The summed E-state index contributed by atoms with van der Waals surface area (Å²) in [5.41, 5.74) is -1.47. The van der Waals surface area contributed by atoms with Gasteiger partial charge < -0.3 is 19.8 Å². The minimum atomic E-state index is -4.24. The lowest BCUT2D eigenvalue weighted by molar-refractivity contribution is -0.0527. The third-order valence-corrected chi connectivity index (χ3v) is 4.96. The second-order valence-electron chi connectivity index (χ2n) is 5.29. The molecule has 5 atom stereocenters. The highest BCUT2D eigenvalue weighted by Crippen LogP contribution is 2.44. The van der Waals surface area contributed by atoms with Crippen LogP contribution in [0.1, 0.15) is 6.23 Å². The zero-order valence-electron chi connectivity index (χ0n) is 12.6. The Labute approximate surface area is 139 Å².